The molecule has 0 aliphatic rings. The zero-order valence-electron chi connectivity index (χ0n) is 14.9. The van der Waals surface area contributed by atoms with Gasteiger partial charge >= 0.3 is 5.76 Å². The van der Waals surface area contributed by atoms with Crippen LogP contribution in [0.1, 0.15) is 25.0 Å². The molecule has 1 N–H and O–H groups in total. The van der Waals surface area contributed by atoms with Gasteiger partial charge < -0.3 is 14.5 Å². The van der Waals surface area contributed by atoms with Crippen molar-refractivity contribution in [2.24, 2.45) is 0 Å². The van der Waals surface area contributed by atoms with Crippen molar-refractivity contribution >= 4 is 17.0 Å². The zero-order chi connectivity index (χ0) is 18.5. The van der Waals surface area contributed by atoms with Gasteiger partial charge in [-0.1, -0.05) is 36.4 Å². The summed E-state index contributed by atoms with van der Waals surface area (Å²) in [7, 11) is 0. The molecule has 0 saturated carbocycles. The Hall–Kier alpha value is -2.86. The molecule has 0 aliphatic heterocycles. The van der Waals surface area contributed by atoms with Gasteiger partial charge in [0.05, 0.1) is 18.2 Å². The number of fused-ring (bicyclic) bond motifs is 1. The van der Waals surface area contributed by atoms with Crippen molar-refractivity contribution < 1.29 is 13.9 Å². The van der Waals surface area contributed by atoms with Gasteiger partial charge in [-0.15, -0.1) is 0 Å². The van der Waals surface area contributed by atoms with E-state index in [0.29, 0.717) is 24.3 Å². The van der Waals surface area contributed by atoms with E-state index in [-0.39, 0.29) is 18.6 Å². The number of nitrogens with one attached hydrogen (secondary N) is 1. The van der Waals surface area contributed by atoms with Crippen LogP contribution in [0.3, 0.4) is 0 Å². The maximum Gasteiger partial charge on any atom is 0.420 e. The quantitative estimate of drug-likeness (QED) is 0.708. The van der Waals surface area contributed by atoms with Crippen LogP contribution in [0.25, 0.3) is 11.1 Å². The number of amides is 1. The molecule has 0 spiro atoms. The van der Waals surface area contributed by atoms with Gasteiger partial charge in [-0.05, 0) is 37.1 Å². The molecule has 3 rings (SSSR count). The molecule has 136 valence electrons. The summed E-state index contributed by atoms with van der Waals surface area (Å²) in [6, 6.07) is 14.9. The van der Waals surface area contributed by atoms with Gasteiger partial charge in [0.1, 0.15) is 6.54 Å². The molecule has 0 aliphatic carbocycles. The van der Waals surface area contributed by atoms with Crippen LogP contribution >= 0.6 is 0 Å². The van der Waals surface area contributed by atoms with E-state index in [1.54, 1.807) is 24.3 Å². The minimum Gasteiger partial charge on any atom is -0.408 e. The normalized spacial score (nSPS) is 11.2. The number of hydrogen-bond acceptors (Lipinski definition) is 4. The predicted octanol–water partition coefficient (Wildman–Crippen LogP) is 2.84. The molecule has 26 heavy (non-hydrogen) atoms. The maximum absolute atomic E-state index is 12.2. The molecule has 0 fully saturated rings. The monoisotopic (exact) mass is 354 g/mol. The van der Waals surface area contributed by atoms with Crippen LogP contribution in [0.4, 0.5) is 0 Å². The number of aromatic nitrogens is 1. The van der Waals surface area contributed by atoms with Gasteiger partial charge in [0.15, 0.2) is 5.58 Å². The molecule has 1 amide bonds. The van der Waals surface area contributed by atoms with Crippen LogP contribution in [0.15, 0.2) is 57.7 Å². The molecule has 0 atom stereocenters. The summed E-state index contributed by atoms with van der Waals surface area (Å²) in [5.41, 5.74) is 3.16. The molecule has 0 unspecified atom stereocenters. The summed E-state index contributed by atoms with van der Waals surface area (Å²) in [4.78, 5) is 24.1. The number of nitrogens with zero attached hydrogens (tertiary/aromatic N) is 1. The van der Waals surface area contributed by atoms with Crippen molar-refractivity contribution in [3.8, 4) is 0 Å². The summed E-state index contributed by atoms with van der Waals surface area (Å²) >= 11 is 0. The second kappa shape index (κ2) is 8.01. The average Bonchev–Trinajstić information content (AvgIpc) is 2.94. The Morgan fingerprint density at radius 2 is 1.81 bits per heavy atom. The van der Waals surface area contributed by atoms with Crippen molar-refractivity contribution in [3.05, 3.63) is 70.2 Å². The van der Waals surface area contributed by atoms with Gasteiger partial charge in [0, 0.05) is 6.54 Å². The van der Waals surface area contributed by atoms with E-state index in [4.69, 9.17) is 9.15 Å². The van der Waals surface area contributed by atoms with Gasteiger partial charge in [-0.25, -0.2) is 4.79 Å². The van der Waals surface area contributed by atoms with E-state index in [9.17, 15) is 9.59 Å². The van der Waals surface area contributed by atoms with Gasteiger partial charge in [0.25, 0.3) is 0 Å². The van der Waals surface area contributed by atoms with E-state index in [2.05, 4.69) is 5.32 Å². The molecule has 0 bridgehead atoms. The molecular formula is C20H22N2O4. The Morgan fingerprint density at radius 3 is 2.54 bits per heavy atom. The highest BCUT2D eigenvalue weighted by Crippen LogP contribution is 2.11. The zero-order valence-corrected chi connectivity index (χ0v) is 14.9. The summed E-state index contributed by atoms with van der Waals surface area (Å²) in [5, 5.41) is 2.83. The molecule has 3 aromatic rings. The van der Waals surface area contributed by atoms with E-state index in [0.717, 1.165) is 11.1 Å². The lowest BCUT2D eigenvalue weighted by atomic mass is 10.1. The summed E-state index contributed by atoms with van der Waals surface area (Å²) in [6.45, 7) is 4.89. The van der Waals surface area contributed by atoms with E-state index < -0.39 is 5.76 Å². The first-order valence-electron chi connectivity index (χ1n) is 8.57. The van der Waals surface area contributed by atoms with Gasteiger partial charge in [-0.2, -0.15) is 0 Å². The maximum atomic E-state index is 12.2. The number of carbonyl (C=O) groups is 1. The van der Waals surface area contributed by atoms with Crippen LogP contribution in [0.5, 0.6) is 0 Å². The molecule has 0 saturated heterocycles. The highest BCUT2D eigenvalue weighted by molar-refractivity contribution is 5.79. The lowest BCUT2D eigenvalue weighted by Crippen LogP contribution is -2.30. The first-order valence-corrected chi connectivity index (χ1v) is 8.57. The highest BCUT2D eigenvalue weighted by Gasteiger charge is 2.12. The molecule has 6 nitrogen and oxygen atoms in total. The number of oxazole rings is 1. The van der Waals surface area contributed by atoms with Crippen molar-refractivity contribution in [1.82, 2.24) is 9.88 Å². The molecular weight excluding hydrogens is 332 g/mol. The minimum atomic E-state index is -0.532. The molecule has 0 radical (unpaired) electrons. The fourth-order valence-electron chi connectivity index (χ4n) is 2.58. The number of ether oxygens (including phenoxy) is 1. The number of benzene rings is 2. The Bertz CT molecular complexity index is 938. The summed E-state index contributed by atoms with van der Waals surface area (Å²) < 4.78 is 12.0. The van der Waals surface area contributed by atoms with Gasteiger partial charge in [0.2, 0.25) is 5.91 Å². The van der Waals surface area contributed by atoms with Crippen LogP contribution in [-0.2, 0) is 29.2 Å². The Labute approximate surface area is 151 Å². The molecule has 1 aromatic heterocycles. The fourth-order valence-corrected chi connectivity index (χ4v) is 2.58. The highest BCUT2D eigenvalue weighted by atomic mass is 16.5. The number of para-hydroxylation sites is 2. The predicted molar refractivity (Wildman–Crippen MR) is 98.7 cm³/mol. The van der Waals surface area contributed by atoms with Crippen LogP contribution in [-0.4, -0.2) is 16.6 Å². The molecule has 2 aromatic carbocycles. The number of rotatable bonds is 7. The third kappa shape index (κ3) is 4.40. The summed E-state index contributed by atoms with van der Waals surface area (Å²) in [6.07, 6.45) is 0.191. The Kier molecular flexibility index (Phi) is 5.53. The molecule has 6 heteroatoms. The first kappa shape index (κ1) is 17.9. The largest absolute Gasteiger partial charge is 0.420 e. The van der Waals surface area contributed by atoms with Crippen molar-refractivity contribution in [2.45, 2.75) is 39.6 Å². The van der Waals surface area contributed by atoms with Crippen molar-refractivity contribution in [2.75, 3.05) is 0 Å². The van der Waals surface area contributed by atoms with Crippen LogP contribution in [0, 0.1) is 0 Å². The smallest absolute Gasteiger partial charge is 0.408 e. The standard InChI is InChI=1S/C20H22N2O4/c1-14(2)25-13-16-9-7-15(8-10-16)11-21-19(23)12-22-17-5-3-4-6-18(17)26-20(22)24/h3-10,14H,11-13H2,1-2H3,(H,21,23). The number of hydrogen-bond donors (Lipinski definition) is 1. The van der Waals surface area contributed by atoms with E-state index >= 15 is 0 Å². The van der Waals surface area contributed by atoms with E-state index in [1.165, 1.54) is 4.57 Å². The minimum absolute atomic E-state index is 0.0733. The van der Waals surface area contributed by atoms with Crippen molar-refractivity contribution in [1.29, 1.82) is 0 Å². The lowest BCUT2D eigenvalue weighted by Gasteiger charge is -2.09. The fraction of sp³-hybridized carbons (Fsp3) is 0.300. The summed E-state index contributed by atoms with van der Waals surface area (Å²) in [5.74, 6) is -0.776. The number of carbonyl (C=O) groups excluding carboxylic acids is 1. The third-order valence-corrected chi connectivity index (χ3v) is 3.97. The Morgan fingerprint density at radius 1 is 1.12 bits per heavy atom. The van der Waals surface area contributed by atoms with Crippen LogP contribution < -0.4 is 11.1 Å². The Balaban J connectivity index is 1.57. The van der Waals surface area contributed by atoms with Gasteiger partial charge in [-0.3, -0.25) is 9.36 Å². The second-order valence-corrected chi connectivity index (χ2v) is 6.37. The van der Waals surface area contributed by atoms with E-state index in [1.807, 2.05) is 38.1 Å². The average molecular weight is 354 g/mol. The topological polar surface area (TPSA) is 73.5 Å². The second-order valence-electron chi connectivity index (χ2n) is 6.37. The van der Waals surface area contributed by atoms with Crippen LogP contribution in [0.2, 0.25) is 0 Å². The third-order valence-electron chi connectivity index (χ3n) is 3.97. The SMILES string of the molecule is CC(C)OCc1ccc(CNC(=O)Cn2c(=O)oc3ccccc32)cc1. The lowest BCUT2D eigenvalue weighted by molar-refractivity contribution is -0.121. The molecule has 1 heterocycles. The first-order chi connectivity index (χ1) is 12.5. The van der Waals surface area contributed by atoms with Crippen molar-refractivity contribution in [3.63, 3.8) is 0 Å².